The van der Waals surface area contributed by atoms with E-state index < -0.39 is 18.6 Å². The highest BCUT2D eigenvalue weighted by Gasteiger charge is 2.29. The van der Waals surface area contributed by atoms with Gasteiger partial charge in [0, 0.05) is 19.9 Å². The van der Waals surface area contributed by atoms with Crippen molar-refractivity contribution in [3.63, 3.8) is 0 Å². The van der Waals surface area contributed by atoms with Crippen molar-refractivity contribution in [1.29, 1.82) is 0 Å². The van der Waals surface area contributed by atoms with E-state index in [1.54, 1.807) is 5.32 Å². The van der Waals surface area contributed by atoms with Crippen molar-refractivity contribution in [3.05, 3.63) is 0 Å². The quantitative estimate of drug-likeness (QED) is 0.749. The van der Waals surface area contributed by atoms with Gasteiger partial charge < -0.3 is 5.32 Å². The van der Waals surface area contributed by atoms with E-state index in [2.05, 4.69) is 5.10 Å². The lowest BCUT2D eigenvalue weighted by molar-refractivity contribution is -0.135. The summed E-state index contributed by atoms with van der Waals surface area (Å²) in [7, 11) is 1.35. The van der Waals surface area contributed by atoms with E-state index >= 15 is 0 Å². The Hall–Kier alpha value is -1.60. The van der Waals surface area contributed by atoms with Gasteiger partial charge in [-0.25, -0.2) is 5.01 Å². The summed E-state index contributed by atoms with van der Waals surface area (Å²) in [4.78, 5) is 22.2. The van der Waals surface area contributed by atoms with E-state index in [1.807, 2.05) is 0 Å². The molecule has 1 N–H and O–H groups in total. The number of halogens is 3. The third kappa shape index (κ3) is 3.52. The number of nitrogens with zero attached hydrogens (tertiary/aromatic N) is 2. The van der Waals surface area contributed by atoms with Crippen LogP contribution >= 0.6 is 0 Å². The molecule has 1 rings (SSSR count). The molecule has 1 aliphatic rings. The van der Waals surface area contributed by atoms with E-state index in [-0.39, 0.29) is 24.5 Å². The zero-order valence-corrected chi connectivity index (χ0v) is 8.47. The Kier molecular flexibility index (Phi) is 3.51. The van der Waals surface area contributed by atoms with E-state index in [0.29, 0.717) is 0 Å². The number of carbonyl (C=O) groups excluding carboxylic acids is 2. The summed E-state index contributed by atoms with van der Waals surface area (Å²) < 4.78 is 35.4. The van der Waals surface area contributed by atoms with E-state index in [9.17, 15) is 22.8 Å². The molecule has 0 saturated carbocycles. The van der Waals surface area contributed by atoms with Crippen LogP contribution in [-0.2, 0) is 9.59 Å². The molecule has 0 atom stereocenters. The van der Waals surface area contributed by atoms with Crippen molar-refractivity contribution < 1.29 is 22.8 Å². The topological polar surface area (TPSA) is 61.8 Å². The second kappa shape index (κ2) is 4.50. The molecule has 0 aliphatic carbocycles. The van der Waals surface area contributed by atoms with Crippen LogP contribution in [0.4, 0.5) is 13.2 Å². The fourth-order valence-electron chi connectivity index (χ4n) is 1.12. The largest absolute Gasteiger partial charge is 0.405 e. The molecule has 1 aliphatic heterocycles. The second-order valence-electron chi connectivity index (χ2n) is 3.26. The Morgan fingerprint density at radius 1 is 1.50 bits per heavy atom. The average Bonchev–Trinajstić information content (AvgIpc) is 2.17. The van der Waals surface area contributed by atoms with Crippen molar-refractivity contribution in [3.8, 4) is 0 Å². The lowest BCUT2D eigenvalue weighted by Crippen LogP contribution is -2.41. The summed E-state index contributed by atoms with van der Waals surface area (Å²) in [5.74, 6) is -1.16. The molecule has 2 amide bonds. The van der Waals surface area contributed by atoms with Crippen LogP contribution in [-0.4, -0.2) is 42.3 Å². The minimum atomic E-state index is -4.45. The lowest BCUT2D eigenvalue weighted by atomic mass is 10.1. The first-order valence-electron chi connectivity index (χ1n) is 4.48. The fourth-order valence-corrected chi connectivity index (χ4v) is 1.12. The first-order chi connectivity index (χ1) is 7.29. The lowest BCUT2D eigenvalue weighted by Gasteiger charge is -2.19. The molecular weight excluding hydrogens is 227 g/mol. The van der Waals surface area contributed by atoms with Crippen molar-refractivity contribution in [2.45, 2.75) is 19.0 Å². The molecular formula is C8H10F3N3O2. The number of hydrogen-bond acceptors (Lipinski definition) is 3. The highest BCUT2D eigenvalue weighted by atomic mass is 19.4. The summed E-state index contributed by atoms with van der Waals surface area (Å²) in [6.07, 6.45) is -4.31. The summed E-state index contributed by atoms with van der Waals surface area (Å²) in [6.45, 7) is -1.40. The molecule has 0 radical (unpaired) electrons. The monoisotopic (exact) mass is 237 g/mol. The number of hydrazone groups is 1. The third-order valence-corrected chi connectivity index (χ3v) is 1.92. The maximum atomic E-state index is 11.8. The maximum Gasteiger partial charge on any atom is 0.405 e. The van der Waals surface area contributed by atoms with Crippen LogP contribution < -0.4 is 5.32 Å². The summed E-state index contributed by atoms with van der Waals surface area (Å²) in [6, 6.07) is 0. The Bertz CT molecular complexity index is 338. The Morgan fingerprint density at radius 3 is 2.62 bits per heavy atom. The first kappa shape index (κ1) is 12.5. The summed E-state index contributed by atoms with van der Waals surface area (Å²) in [5, 5.41) is 6.23. The zero-order chi connectivity index (χ0) is 12.3. The molecule has 16 heavy (non-hydrogen) atoms. The number of rotatable bonds is 2. The van der Waals surface area contributed by atoms with Crippen molar-refractivity contribution in [2.75, 3.05) is 13.6 Å². The molecule has 90 valence electrons. The van der Waals surface area contributed by atoms with Crippen molar-refractivity contribution in [2.24, 2.45) is 5.10 Å². The normalized spacial score (nSPS) is 17.1. The van der Waals surface area contributed by atoms with Gasteiger partial charge in [0.1, 0.15) is 12.3 Å². The SMILES string of the molecule is CN1N=C(C(=O)NCC(F)(F)F)CCC1=O. The van der Waals surface area contributed by atoms with Crippen LogP contribution in [0.5, 0.6) is 0 Å². The van der Waals surface area contributed by atoms with Crippen LogP contribution in [0.1, 0.15) is 12.8 Å². The molecule has 0 aromatic carbocycles. The molecule has 0 aromatic rings. The van der Waals surface area contributed by atoms with Gasteiger partial charge in [0.05, 0.1) is 0 Å². The van der Waals surface area contributed by atoms with Gasteiger partial charge in [-0.1, -0.05) is 0 Å². The zero-order valence-electron chi connectivity index (χ0n) is 8.47. The molecule has 8 heteroatoms. The fraction of sp³-hybridized carbons (Fsp3) is 0.625. The van der Waals surface area contributed by atoms with E-state index in [4.69, 9.17) is 0 Å². The highest BCUT2D eigenvalue weighted by molar-refractivity contribution is 6.39. The van der Waals surface area contributed by atoms with Gasteiger partial charge in [-0.05, 0) is 0 Å². The van der Waals surface area contributed by atoms with Gasteiger partial charge in [0.15, 0.2) is 0 Å². The highest BCUT2D eigenvalue weighted by Crippen LogP contribution is 2.13. The molecule has 0 aromatic heterocycles. The number of carbonyl (C=O) groups is 2. The summed E-state index contributed by atoms with van der Waals surface area (Å²) in [5.41, 5.74) is -0.0636. The van der Waals surface area contributed by atoms with Crippen LogP contribution in [0.15, 0.2) is 5.10 Å². The van der Waals surface area contributed by atoms with Crippen LogP contribution in [0, 0.1) is 0 Å². The minimum absolute atomic E-state index is 0.0624. The van der Waals surface area contributed by atoms with Crippen LogP contribution in [0.2, 0.25) is 0 Å². The number of nitrogens with one attached hydrogen (secondary N) is 1. The number of alkyl halides is 3. The first-order valence-corrected chi connectivity index (χ1v) is 4.48. The van der Waals surface area contributed by atoms with Crippen LogP contribution in [0.3, 0.4) is 0 Å². The van der Waals surface area contributed by atoms with Gasteiger partial charge in [-0.3, -0.25) is 9.59 Å². The van der Waals surface area contributed by atoms with Gasteiger partial charge in [-0.2, -0.15) is 18.3 Å². The molecule has 0 fully saturated rings. The molecule has 0 unspecified atom stereocenters. The maximum absolute atomic E-state index is 11.8. The predicted molar refractivity (Wildman–Crippen MR) is 48.5 cm³/mol. The Balaban J connectivity index is 2.55. The van der Waals surface area contributed by atoms with Gasteiger partial charge in [-0.15, -0.1) is 0 Å². The third-order valence-electron chi connectivity index (χ3n) is 1.92. The molecule has 1 heterocycles. The Morgan fingerprint density at radius 2 is 2.12 bits per heavy atom. The van der Waals surface area contributed by atoms with Crippen molar-refractivity contribution >= 4 is 17.5 Å². The standard InChI is InChI=1S/C8H10F3N3O2/c1-14-6(15)3-2-5(13-14)7(16)12-4-8(9,10)11/h2-4H2,1H3,(H,12,16). The Labute approximate surface area is 89.3 Å². The van der Waals surface area contributed by atoms with E-state index in [0.717, 1.165) is 5.01 Å². The molecule has 0 spiro atoms. The second-order valence-corrected chi connectivity index (χ2v) is 3.26. The average molecular weight is 237 g/mol. The van der Waals surface area contributed by atoms with Crippen LogP contribution in [0.25, 0.3) is 0 Å². The van der Waals surface area contributed by atoms with Crippen molar-refractivity contribution in [1.82, 2.24) is 10.3 Å². The van der Waals surface area contributed by atoms with E-state index in [1.165, 1.54) is 7.05 Å². The number of amides is 2. The molecule has 0 saturated heterocycles. The number of hydrogen-bond donors (Lipinski definition) is 1. The predicted octanol–water partition coefficient (Wildman–Crippen LogP) is 0.273. The van der Waals surface area contributed by atoms with Gasteiger partial charge in [0.25, 0.3) is 5.91 Å². The van der Waals surface area contributed by atoms with Gasteiger partial charge >= 0.3 is 6.18 Å². The smallest absolute Gasteiger partial charge is 0.342 e. The van der Waals surface area contributed by atoms with Gasteiger partial charge in [0.2, 0.25) is 5.91 Å². The molecule has 0 bridgehead atoms. The molecule has 5 nitrogen and oxygen atoms in total. The minimum Gasteiger partial charge on any atom is -0.342 e. The summed E-state index contributed by atoms with van der Waals surface area (Å²) >= 11 is 0.